The first-order valence-electron chi connectivity index (χ1n) is 12.6. The number of rotatable bonds is 10. The van der Waals surface area contributed by atoms with Gasteiger partial charge in [-0.1, -0.05) is 48.5 Å². The summed E-state index contributed by atoms with van der Waals surface area (Å²) in [4.78, 5) is 0. The van der Waals surface area contributed by atoms with E-state index in [0.717, 1.165) is 45.3 Å². The molecule has 4 unspecified atom stereocenters. The van der Waals surface area contributed by atoms with Crippen LogP contribution in [-0.2, 0) is 16.5 Å². The van der Waals surface area contributed by atoms with Crippen molar-refractivity contribution in [2.75, 3.05) is 28.4 Å². The summed E-state index contributed by atoms with van der Waals surface area (Å²) in [5.41, 5.74) is 4.46. The van der Waals surface area contributed by atoms with Crippen LogP contribution in [0.4, 0.5) is 0 Å². The van der Waals surface area contributed by atoms with E-state index in [2.05, 4.69) is 50.5 Å². The van der Waals surface area contributed by atoms with Crippen LogP contribution < -0.4 is 18.9 Å². The molecule has 0 aliphatic heterocycles. The van der Waals surface area contributed by atoms with Crippen molar-refractivity contribution >= 4 is 50.5 Å². The second-order valence-corrected chi connectivity index (χ2v) is 11.1. The summed E-state index contributed by atoms with van der Waals surface area (Å²) in [5.74, 6) is 3.37. The summed E-state index contributed by atoms with van der Waals surface area (Å²) in [5, 5.41) is 0.0468. The Balaban J connectivity index is 0.000000280. The number of thiol groups is 4. The molecular weight excluding hydrogens is 635 g/mol. The van der Waals surface area contributed by atoms with Crippen molar-refractivity contribution in [2.45, 2.75) is 21.0 Å². The molecule has 4 aromatic rings. The van der Waals surface area contributed by atoms with Gasteiger partial charge in [-0.2, -0.15) is 50.5 Å². The Morgan fingerprint density at radius 2 is 0.488 bits per heavy atom. The quantitative estimate of drug-likeness (QED) is 0.101. The molecule has 0 aromatic heterocycles. The molecule has 0 aliphatic rings. The van der Waals surface area contributed by atoms with Gasteiger partial charge in [0.25, 0.3) is 0 Å². The molecule has 9 heteroatoms. The van der Waals surface area contributed by atoms with E-state index in [1.165, 1.54) is 0 Å². The van der Waals surface area contributed by atoms with Gasteiger partial charge in [0.1, 0.15) is 23.0 Å². The minimum absolute atomic E-state index is 0. The first-order chi connectivity index (χ1) is 19.3. The van der Waals surface area contributed by atoms with Crippen LogP contribution in [-0.4, -0.2) is 28.4 Å². The summed E-state index contributed by atoms with van der Waals surface area (Å²) in [6.07, 6.45) is 0. The number of ether oxygens (including phenoxy) is 4. The second-order valence-electron chi connectivity index (χ2n) is 8.87. The Kier molecular flexibility index (Phi) is 15.3. The van der Waals surface area contributed by atoms with Crippen molar-refractivity contribution in [3.8, 4) is 23.0 Å². The Morgan fingerprint density at radius 3 is 0.610 bits per heavy atom. The number of hydrogen-bond acceptors (Lipinski definition) is 8. The molecule has 0 heterocycles. The summed E-state index contributed by atoms with van der Waals surface area (Å²) < 4.78 is 20.6. The molecule has 0 amide bonds. The third-order valence-corrected chi connectivity index (χ3v) is 9.28. The third-order valence-electron chi connectivity index (χ3n) is 6.43. The monoisotopic (exact) mass is 670 g/mol. The van der Waals surface area contributed by atoms with E-state index in [-0.39, 0.29) is 37.5 Å². The van der Waals surface area contributed by atoms with Gasteiger partial charge in [0.05, 0.1) is 28.4 Å². The summed E-state index contributed by atoms with van der Waals surface area (Å²) >= 11 is 18.8. The Bertz CT molecular complexity index is 1080. The molecule has 0 saturated heterocycles. The predicted molar refractivity (Wildman–Crippen MR) is 179 cm³/mol. The predicted octanol–water partition coefficient (Wildman–Crippen LogP) is 8.69. The molecule has 0 spiro atoms. The van der Waals surface area contributed by atoms with Crippen LogP contribution in [0.5, 0.6) is 23.0 Å². The number of benzene rings is 4. The molecule has 0 radical (unpaired) electrons. The fraction of sp³-hybridized carbons (Fsp3) is 0.250. The smallest absolute Gasteiger partial charge is 0.118 e. The van der Waals surface area contributed by atoms with Crippen LogP contribution in [0.25, 0.3) is 0 Å². The zero-order valence-corrected chi connectivity index (χ0v) is 27.9. The van der Waals surface area contributed by atoms with Crippen molar-refractivity contribution in [3.63, 3.8) is 0 Å². The fourth-order valence-corrected chi connectivity index (χ4v) is 5.31. The molecule has 41 heavy (non-hydrogen) atoms. The zero-order chi connectivity index (χ0) is 29.1. The van der Waals surface area contributed by atoms with E-state index in [4.69, 9.17) is 18.9 Å². The van der Waals surface area contributed by atoms with Gasteiger partial charge in [-0.05, 0) is 70.8 Å². The van der Waals surface area contributed by atoms with E-state index in [0.29, 0.717) is 0 Å². The fourth-order valence-electron chi connectivity index (χ4n) is 3.93. The summed E-state index contributed by atoms with van der Waals surface area (Å²) in [6, 6.07) is 31.6. The van der Waals surface area contributed by atoms with Gasteiger partial charge in [-0.3, -0.25) is 0 Å². The molecule has 0 bridgehead atoms. The largest absolute Gasteiger partial charge is 0.497 e. The van der Waals surface area contributed by atoms with Crippen LogP contribution in [0.1, 0.15) is 43.3 Å². The second kappa shape index (κ2) is 17.8. The van der Waals surface area contributed by atoms with Gasteiger partial charge in [0.2, 0.25) is 0 Å². The van der Waals surface area contributed by atoms with Crippen LogP contribution in [0.15, 0.2) is 97.1 Å². The maximum absolute atomic E-state index is 5.16. The molecule has 4 rings (SSSR count). The Morgan fingerprint density at radius 1 is 0.341 bits per heavy atom. The zero-order valence-electron chi connectivity index (χ0n) is 23.3. The van der Waals surface area contributed by atoms with E-state index >= 15 is 0 Å². The average molecular weight is 672 g/mol. The van der Waals surface area contributed by atoms with Crippen LogP contribution in [0, 0.1) is 0 Å². The van der Waals surface area contributed by atoms with Crippen LogP contribution >= 0.6 is 50.5 Å². The average Bonchev–Trinajstić information content (AvgIpc) is 3.03. The molecule has 0 N–H and O–H groups in total. The SMILES string of the molecule is COc1ccc(C(S)C(S)c2ccc(OC)cc2)cc1.COc1ccc(C(S)C(S)c2ccc(OC)cc2)cc1.[Ni]. The maximum atomic E-state index is 5.16. The normalized spacial score (nSPS) is 13.3. The molecule has 0 saturated carbocycles. The van der Waals surface area contributed by atoms with Crippen molar-refractivity contribution in [1.82, 2.24) is 0 Å². The Labute approximate surface area is 276 Å². The van der Waals surface area contributed by atoms with Crippen molar-refractivity contribution in [2.24, 2.45) is 0 Å². The van der Waals surface area contributed by atoms with Gasteiger partial charge in [-0.25, -0.2) is 0 Å². The molecule has 4 atom stereocenters. The van der Waals surface area contributed by atoms with Gasteiger partial charge in [0, 0.05) is 37.5 Å². The molecule has 4 aromatic carbocycles. The van der Waals surface area contributed by atoms with Gasteiger partial charge in [0.15, 0.2) is 0 Å². The number of methoxy groups -OCH3 is 4. The van der Waals surface area contributed by atoms with Gasteiger partial charge < -0.3 is 18.9 Å². The van der Waals surface area contributed by atoms with Crippen molar-refractivity contribution in [1.29, 1.82) is 0 Å². The molecule has 222 valence electrons. The standard InChI is InChI=1S/2C16H18O2S2.Ni/c2*1-17-13-7-3-11(4-8-13)15(19)16(20)12-5-9-14(18-2)10-6-12;/h2*3-10,15-16,19-20H,1-2H3;. The van der Waals surface area contributed by atoms with E-state index in [1.54, 1.807) is 28.4 Å². The van der Waals surface area contributed by atoms with Crippen LogP contribution in [0.3, 0.4) is 0 Å². The third kappa shape index (κ3) is 10.0. The topological polar surface area (TPSA) is 36.9 Å². The van der Waals surface area contributed by atoms with Gasteiger partial charge in [-0.15, -0.1) is 0 Å². The van der Waals surface area contributed by atoms with Gasteiger partial charge >= 0.3 is 0 Å². The van der Waals surface area contributed by atoms with Crippen molar-refractivity contribution < 1.29 is 35.4 Å². The molecule has 0 aliphatic carbocycles. The maximum Gasteiger partial charge on any atom is 0.118 e. The summed E-state index contributed by atoms with van der Waals surface area (Å²) in [7, 11) is 6.63. The van der Waals surface area contributed by atoms with E-state index < -0.39 is 0 Å². The minimum Gasteiger partial charge on any atom is -0.497 e. The molecule has 0 fully saturated rings. The molecular formula is C32H36NiO4S4. The van der Waals surface area contributed by atoms with Crippen molar-refractivity contribution in [3.05, 3.63) is 119 Å². The van der Waals surface area contributed by atoms with E-state index in [9.17, 15) is 0 Å². The number of hydrogen-bond donors (Lipinski definition) is 4. The summed E-state index contributed by atoms with van der Waals surface area (Å²) in [6.45, 7) is 0. The first-order valence-corrected chi connectivity index (χ1v) is 14.7. The first kappa shape index (κ1) is 35.2. The minimum atomic E-state index is 0. The Hall–Kier alpha value is -2.03. The van der Waals surface area contributed by atoms with E-state index in [1.807, 2.05) is 97.1 Å². The molecule has 4 nitrogen and oxygen atoms in total. The van der Waals surface area contributed by atoms with Crippen LogP contribution in [0.2, 0.25) is 0 Å².